The lowest BCUT2D eigenvalue weighted by molar-refractivity contribution is 0.259. The molecule has 1 aromatic heterocycles. The van der Waals surface area contributed by atoms with Crippen LogP contribution in [0.25, 0.3) is 0 Å². The van der Waals surface area contributed by atoms with E-state index in [2.05, 4.69) is 60.3 Å². The Morgan fingerprint density at radius 2 is 1.90 bits per heavy atom. The molecule has 1 saturated heterocycles. The topological polar surface area (TPSA) is 58.3 Å². The Balaban J connectivity index is 1.19. The molecule has 2 aliphatic rings. The van der Waals surface area contributed by atoms with Gasteiger partial charge in [-0.1, -0.05) is 36.8 Å². The average molecular weight is 409 g/mol. The van der Waals surface area contributed by atoms with Crippen molar-refractivity contribution in [3.05, 3.63) is 47.5 Å². The second kappa shape index (κ2) is 10.6. The maximum absolute atomic E-state index is 4.54. The fourth-order valence-corrected chi connectivity index (χ4v) is 4.81. The van der Waals surface area contributed by atoms with Crippen molar-refractivity contribution in [3.63, 3.8) is 0 Å². The number of aromatic nitrogens is 3. The summed E-state index contributed by atoms with van der Waals surface area (Å²) in [4.78, 5) is 6.96. The second-order valence-electron chi connectivity index (χ2n) is 8.69. The van der Waals surface area contributed by atoms with E-state index < -0.39 is 0 Å². The summed E-state index contributed by atoms with van der Waals surface area (Å²) >= 11 is 0. The smallest absolute Gasteiger partial charge is 0.193 e. The number of fused-ring (bicyclic) bond motifs is 1. The molecule has 0 bridgehead atoms. The second-order valence-corrected chi connectivity index (χ2v) is 8.69. The summed E-state index contributed by atoms with van der Waals surface area (Å²) in [6.07, 6.45) is 10.6. The number of hydrogen-bond acceptors (Lipinski definition) is 3. The van der Waals surface area contributed by atoms with Gasteiger partial charge in [0.15, 0.2) is 5.96 Å². The standard InChI is InChI=1S/C24H36N6/c1-25-24(29-17-13-21(14-18-29)19-20-9-4-2-5-10-20)26-15-8-12-23-28-27-22-11-6-3-7-16-30(22)23/h2,4-5,9-10,21H,3,6-8,11-19H2,1H3,(H,25,26). The maximum atomic E-state index is 4.54. The zero-order valence-corrected chi connectivity index (χ0v) is 18.4. The molecule has 2 aromatic rings. The van der Waals surface area contributed by atoms with Crippen molar-refractivity contribution < 1.29 is 0 Å². The van der Waals surface area contributed by atoms with E-state index in [4.69, 9.17) is 0 Å². The van der Waals surface area contributed by atoms with Crippen LogP contribution in [0.2, 0.25) is 0 Å². The third kappa shape index (κ3) is 5.41. The number of benzene rings is 1. The van der Waals surface area contributed by atoms with E-state index in [0.717, 1.165) is 63.1 Å². The molecular formula is C24H36N6. The molecule has 0 unspecified atom stereocenters. The third-order valence-corrected chi connectivity index (χ3v) is 6.54. The van der Waals surface area contributed by atoms with Crippen LogP contribution in [-0.2, 0) is 25.8 Å². The van der Waals surface area contributed by atoms with Crippen molar-refractivity contribution in [1.29, 1.82) is 0 Å². The number of rotatable bonds is 6. The minimum atomic E-state index is 0.782. The average Bonchev–Trinajstić information content (AvgIpc) is 3.01. The first-order valence-corrected chi connectivity index (χ1v) is 11.7. The van der Waals surface area contributed by atoms with Crippen molar-refractivity contribution in [1.82, 2.24) is 25.0 Å². The highest BCUT2D eigenvalue weighted by Gasteiger charge is 2.21. The van der Waals surface area contributed by atoms with Crippen molar-refractivity contribution in [2.24, 2.45) is 10.9 Å². The number of piperidine rings is 1. The first kappa shape index (κ1) is 20.9. The summed E-state index contributed by atoms with van der Waals surface area (Å²) in [6, 6.07) is 10.9. The first-order chi connectivity index (χ1) is 14.8. The summed E-state index contributed by atoms with van der Waals surface area (Å²) < 4.78 is 2.36. The fraction of sp³-hybridized carbons (Fsp3) is 0.625. The number of aryl methyl sites for hydroxylation is 2. The highest BCUT2D eigenvalue weighted by atomic mass is 15.3. The normalized spacial score (nSPS) is 18.2. The van der Waals surface area contributed by atoms with Gasteiger partial charge in [-0.15, -0.1) is 10.2 Å². The third-order valence-electron chi connectivity index (χ3n) is 6.54. The predicted molar refractivity (Wildman–Crippen MR) is 122 cm³/mol. The van der Waals surface area contributed by atoms with Gasteiger partial charge in [0.1, 0.15) is 11.6 Å². The molecule has 0 atom stereocenters. The SMILES string of the molecule is CN=C(NCCCc1nnc2n1CCCCC2)N1CCC(Cc2ccccc2)CC1. The Labute approximate surface area is 180 Å². The number of nitrogens with one attached hydrogen (secondary N) is 1. The Kier molecular flexibility index (Phi) is 7.38. The van der Waals surface area contributed by atoms with Crippen LogP contribution in [0.15, 0.2) is 35.3 Å². The molecule has 1 aromatic carbocycles. The van der Waals surface area contributed by atoms with E-state index in [0.29, 0.717) is 0 Å². The molecule has 0 radical (unpaired) electrons. The largest absolute Gasteiger partial charge is 0.356 e. The van der Waals surface area contributed by atoms with Gasteiger partial charge in [-0.05, 0) is 50.0 Å². The minimum Gasteiger partial charge on any atom is -0.356 e. The minimum absolute atomic E-state index is 0.782. The highest BCUT2D eigenvalue weighted by molar-refractivity contribution is 5.79. The van der Waals surface area contributed by atoms with E-state index in [1.807, 2.05) is 7.05 Å². The van der Waals surface area contributed by atoms with Gasteiger partial charge in [0.25, 0.3) is 0 Å². The molecule has 1 fully saturated rings. The number of hydrogen-bond donors (Lipinski definition) is 1. The zero-order chi connectivity index (χ0) is 20.6. The number of likely N-dealkylation sites (tertiary alicyclic amines) is 1. The maximum Gasteiger partial charge on any atom is 0.193 e. The van der Waals surface area contributed by atoms with Gasteiger partial charge in [-0.25, -0.2) is 0 Å². The van der Waals surface area contributed by atoms with Crippen molar-refractivity contribution in [3.8, 4) is 0 Å². The van der Waals surface area contributed by atoms with E-state index >= 15 is 0 Å². The number of nitrogens with zero attached hydrogens (tertiary/aromatic N) is 5. The zero-order valence-electron chi connectivity index (χ0n) is 18.4. The molecule has 30 heavy (non-hydrogen) atoms. The van der Waals surface area contributed by atoms with E-state index in [1.165, 1.54) is 49.9 Å². The molecule has 0 aliphatic carbocycles. The molecule has 2 aliphatic heterocycles. The number of aliphatic imine (C=N–C) groups is 1. The molecule has 3 heterocycles. The molecule has 0 saturated carbocycles. The Bertz CT molecular complexity index is 804. The summed E-state index contributed by atoms with van der Waals surface area (Å²) in [7, 11) is 1.90. The van der Waals surface area contributed by atoms with Crippen LogP contribution in [-0.4, -0.2) is 52.3 Å². The summed E-state index contributed by atoms with van der Waals surface area (Å²) in [6.45, 7) is 4.20. The molecule has 0 spiro atoms. The van der Waals surface area contributed by atoms with Gasteiger partial charge < -0.3 is 14.8 Å². The van der Waals surface area contributed by atoms with Crippen LogP contribution in [0, 0.1) is 5.92 Å². The van der Waals surface area contributed by atoms with Crippen molar-refractivity contribution in [2.75, 3.05) is 26.7 Å². The van der Waals surface area contributed by atoms with Gasteiger partial charge in [0, 0.05) is 46.1 Å². The number of guanidine groups is 1. The lowest BCUT2D eigenvalue weighted by Gasteiger charge is -2.34. The van der Waals surface area contributed by atoms with Gasteiger partial charge >= 0.3 is 0 Å². The molecule has 0 amide bonds. The van der Waals surface area contributed by atoms with Gasteiger partial charge in [-0.2, -0.15) is 0 Å². The predicted octanol–water partition coefficient (Wildman–Crippen LogP) is 3.47. The van der Waals surface area contributed by atoms with Crippen LogP contribution in [0.3, 0.4) is 0 Å². The van der Waals surface area contributed by atoms with E-state index in [1.54, 1.807) is 0 Å². The van der Waals surface area contributed by atoms with Crippen LogP contribution in [0.1, 0.15) is 55.7 Å². The van der Waals surface area contributed by atoms with Gasteiger partial charge in [-0.3, -0.25) is 4.99 Å². The van der Waals surface area contributed by atoms with Gasteiger partial charge in [0.2, 0.25) is 0 Å². The molecule has 4 rings (SSSR count). The van der Waals surface area contributed by atoms with Gasteiger partial charge in [0.05, 0.1) is 0 Å². The lowest BCUT2D eigenvalue weighted by atomic mass is 9.90. The van der Waals surface area contributed by atoms with Crippen LogP contribution < -0.4 is 5.32 Å². The molecule has 1 N–H and O–H groups in total. The van der Waals surface area contributed by atoms with Crippen LogP contribution >= 0.6 is 0 Å². The quantitative estimate of drug-likeness (QED) is 0.452. The fourth-order valence-electron chi connectivity index (χ4n) is 4.81. The summed E-state index contributed by atoms with van der Waals surface area (Å²) in [5, 5.41) is 12.4. The van der Waals surface area contributed by atoms with Crippen molar-refractivity contribution in [2.45, 2.75) is 64.3 Å². The summed E-state index contributed by atoms with van der Waals surface area (Å²) in [5.41, 5.74) is 1.46. The Morgan fingerprint density at radius 1 is 1.07 bits per heavy atom. The van der Waals surface area contributed by atoms with Crippen LogP contribution in [0.5, 0.6) is 0 Å². The molecule has 162 valence electrons. The molecule has 6 heteroatoms. The lowest BCUT2D eigenvalue weighted by Crippen LogP contribution is -2.46. The monoisotopic (exact) mass is 408 g/mol. The Morgan fingerprint density at radius 3 is 2.70 bits per heavy atom. The van der Waals surface area contributed by atoms with Crippen molar-refractivity contribution >= 4 is 5.96 Å². The van der Waals surface area contributed by atoms with E-state index in [9.17, 15) is 0 Å². The molecular weight excluding hydrogens is 372 g/mol. The highest BCUT2D eigenvalue weighted by Crippen LogP contribution is 2.21. The summed E-state index contributed by atoms with van der Waals surface area (Å²) in [5.74, 6) is 4.17. The van der Waals surface area contributed by atoms with Crippen LogP contribution in [0.4, 0.5) is 0 Å². The Hall–Kier alpha value is -2.37. The molecule has 6 nitrogen and oxygen atoms in total. The first-order valence-electron chi connectivity index (χ1n) is 11.7. The van der Waals surface area contributed by atoms with E-state index in [-0.39, 0.29) is 0 Å².